The number of rotatable bonds is 4. The molecule has 0 aromatic heterocycles. The van der Waals surface area contributed by atoms with E-state index in [0.717, 1.165) is 0 Å². The number of ether oxygens (including phenoxy) is 3. The van der Waals surface area contributed by atoms with Crippen LogP contribution < -0.4 is 5.73 Å². The number of hydrogen-bond donors (Lipinski definition) is 8. The van der Waals surface area contributed by atoms with Crippen LogP contribution in [-0.4, -0.2) is 110 Å². The summed E-state index contributed by atoms with van der Waals surface area (Å²) in [4.78, 5) is 0. The van der Waals surface area contributed by atoms with E-state index in [9.17, 15) is 30.6 Å². The molecule has 2 saturated heterocycles. The van der Waals surface area contributed by atoms with E-state index in [2.05, 4.69) is 0 Å². The molecule has 2 aliphatic heterocycles. The highest BCUT2D eigenvalue weighted by atomic mass is 16.7. The molecule has 0 saturated carbocycles. The highest BCUT2D eigenvalue weighted by Gasteiger charge is 2.49. The third kappa shape index (κ3) is 3.65. The molecule has 9 N–H and O–H groups in total. The summed E-state index contributed by atoms with van der Waals surface area (Å²) in [5, 5.41) is 67.0. The fourth-order valence-corrected chi connectivity index (χ4v) is 2.62. The lowest BCUT2D eigenvalue weighted by Crippen LogP contribution is -2.66. The van der Waals surface area contributed by atoms with Crippen molar-refractivity contribution in [3.63, 3.8) is 0 Å². The van der Waals surface area contributed by atoms with Crippen LogP contribution in [0.1, 0.15) is 0 Å². The van der Waals surface area contributed by atoms with E-state index in [1.54, 1.807) is 0 Å². The Kier molecular flexibility index (Phi) is 6.27. The minimum Gasteiger partial charge on any atom is -0.394 e. The van der Waals surface area contributed by atoms with Crippen LogP contribution >= 0.6 is 0 Å². The largest absolute Gasteiger partial charge is 0.394 e. The van der Waals surface area contributed by atoms with E-state index in [1.165, 1.54) is 0 Å². The fraction of sp³-hybridized carbons (Fsp3) is 1.00. The van der Waals surface area contributed by atoms with Crippen LogP contribution in [0.4, 0.5) is 0 Å². The zero-order valence-corrected chi connectivity index (χ0v) is 12.1. The molecule has 0 aromatic rings. The first-order valence-corrected chi connectivity index (χ1v) is 7.15. The van der Waals surface area contributed by atoms with Crippen molar-refractivity contribution in [3.8, 4) is 0 Å². The first-order chi connectivity index (χ1) is 10.8. The molecule has 0 aliphatic carbocycles. The van der Waals surface area contributed by atoms with Gasteiger partial charge in [-0.05, 0) is 0 Å². The maximum Gasteiger partial charge on any atom is 0.184 e. The number of aliphatic hydroxyl groups is 7. The van der Waals surface area contributed by atoms with E-state index in [0.29, 0.717) is 0 Å². The predicted molar refractivity (Wildman–Crippen MR) is 70.6 cm³/mol. The molecule has 0 bridgehead atoms. The molecule has 0 aromatic carbocycles. The Morgan fingerprint density at radius 2 is 1.39 bits per heavy atom. The summed E-state index contributed by atoms with van der Waals surface area (Å²) in [5.74, 6) is 0. The number of nitrogens with two attached hydrogens (primary N) is 1. The van der Waals surface area contributed by atoms with E-state index >= 15 is 0 Å². The van der Waals surface area contributed by atoms with Crippen molar-refractivity contribution in [2.24, 2.45) is 5.73 Å². The maximum atomic E-state index is 9.98. The second-order valence-electron chi connectivity index (χ2n) is 5.61. The van der Waals surface area contributed by atoms with Crippen molar-refractivity contribution in [1.29, 1.82) is 0 Å². The topological polar surface area (TPSA) is 195 Å². The standard InChI is InChI=1S/C12H23NO10/c13-5-7(17)6(16)3(1-14)22-12(5)23-10-4(2-15)21-11(20)9(19)8(10)18/h3-12,14-20H,1-2,13H2/t3-,4-,5-,6-,7-,8-,9-,10+,11+,12-/m1/s1. The van der Waals surface area contributed by atoms with Crippen molar-refractivity contribution in [2.45, 2.75) is 61.3 Å². The summed E-state index contributed by atoms with van der Waals surface area (Å²) in [5.41, 5.74) is 5.70. The van der Waals surface area contributed by atoms with Gasteiger partial charge < -0.3 is 55.7 Å². The quantitative estimate of drug-likeness (QED) is 0.243. The van der Waals surface area contributed by atoms with Gasteiger partial charge in [-0.1, -0.05) is 0 Å². The summed E-state index contributed by atoms with van der Waals surface area (Å²) < 4.78 is 15.6. The first-order valence-electron chi connectivity index (χ1n) is 7.15. The summed E-state index contributed by atoms with van der Waals surface area (Å²) >= 11 is 0. The summed E-state index contributed by atoms with van der Waals surface area (Å²) in [7, 11) is 0. The molecule has 0 unspecified atom stereocenters. The molecule has 136 valence electrons. The highest BCUT2D eigenvalue weighted by molar-refractivity contribution is 4.95. The van der Waals surface area contributed by atoms with Crippen LogP contribution in [0.15, 0.2) is 0 Å². The molecule has 2 heterocycles. The van der Waals surface area contributed by atoms with Crippen molar-refractivity contribution < 1.29 is 50.0 Å². The fourth-order valence-electron chi connectivity index (χ4n) is 2.62. The van der Waals surface area contributed by atoms with Gasteiger partial charge >= 0.3 is 0 Å². The smallest absolute Gasteiger partial charge is 0.184 e. The minimum absolute atomic E-state index is 0.612. The Hall–Kier alpha value is -0.440. The first kappa shape index (κ1) is 18.9. The van der Waals surface area contributed by atoms with Gasteiger partial charge in [-0.25, -0.2) is 0 Å². The lowest BCUT2D eigenvalue weighted by Gasteiger charge is -2.45. The van der Waals surface area contributed by atoms with Crippen LogP contribution in [0.5, 0.6) is 0 Å². The van der Waals surface area contributed by atoms with Gasteiger partial charge in [-0.2, -0.15) is 0 Å². The monoisotopic (exact) mass is 341 g/mol. The van der Waals surface area contributed by atoms with Crippen LogP contribution in [0.25, 0.3) is 0 Å². The molecular formula is C12H23NO10. The van der Waals surface area contributed by atoms with Crippen molar-refractivity contribution in [2.75, 3.05) is 13.2 Å². The summed E-state index contributed by atoms with van der Waals surface area (Å²) in [6.45, 7) is -1.25. The molecule has 11 nitrogen and oxygen atoms in total. The second kappa shape index (κ2) is 7.63. The van der Waals surface area contributed by atoms with Gasteiger partial charge in [0.1, 0.15) is 42.7 Å². The predicted octanol–water partition coefficient (Wildman–Crippen LogP) is -5.43. The van der Waals surface area contributed by atoms with Crippen LogP contribution in [-0.2, 0) is 14.2 Å². The van der Waals surface area contributed by atoms with Gasteiger partial charge in [0.2, 0.25) is 0 Å². The van der Waals surface area contributed by atoms with Crippen LogP contribution in [0, 0.1) is 0 Å². The molecule has 2 aliphatic rings. The average Bonchev–Trinajstić information content (AvgIpc) is 2.55. The molecule has 10 atom stereocenters. The van der Waals surface area contributed by atoms with Crippen LogP contribution in [0.3, 0.4) is 0 Å². The lowest BCUT2D eigenvalue weighted by molar-refractivity contribution is -0.339. The van der Waals surface area contributed by atoms with Gasteiger partial charge in [0, 0.05) is 0 Å². The summed E-state index contributed by atoms with van der Waals surface area (Å²) in [6, 6.07) is -1.22. The molecule has 11 heteroatoms. The van der Waals surface area contributed by atoms with Crippen molar-refractivity contribution >= 4 is 0 Å². The Balaban J connectivity index is 2.11. The van der Waals surface area contributed by atoms with Gasteiger partial charge in [0.15, 0.2) is 12.6 Å². The normalized spacial score (nSPS) is 51.7. The van der Waals surface area contributed by atoms with Gasteiger partial charge in [-0.15, -0.1) is 0 Å². The highest BCUT2D eigenvalue weighted by Crippen LogP contribution is 2.27. The third-order valence-corrected chi connectivity index (χ3v) is 4.06. The molecular weight excluding hydrogens is 318 g/mol. The molecule has 2 fully saturated rings. The van der Waals surface area contributed by atoms with E-state index in [4.69, 9.17) is 25.1 Å². The number of aliphatic hydroxyl groups excluding tert-OH is 7. The molecule has 0 amide bonds. The van der Waals surface area contributed by atoms with Crippen LogP contribution in [0.2, 0.25) is 0 Å². The van der Waals surface area contributed by atoms with Gasteiger partial charge in [0.25, 0.3) is 0 Å². The Bertz CT molecular complexity index is 383. The molecule has 0 radical (unpaired) electrons. The molecule has 2 rings (SSSR count). The van der Waals surface area contributed by atoms with Gasteiger partial charge in [-0.3, -0.25) is 0 Å². The second-order valence-corrected chi connectivity index (χ2v) is 5.61. The zero-order valence-electron chi connectivity index (χ0n) is 12.1. The zero-order chi connectivity index (χ0) is 17.3. The SMILES string of the molecule is N[C@H]1[C@@H](O[C@@H]2[C@H](O)[C@@H](O)[C@@H](O)O[C@@H]2CO)O[C@H](CO)[C@@H](O)[C@@H]1O. The van der Waals surface area contributed by atoms with Crippen molar-refractivity contribution in [3.05, 3.63) is 0 Å². The van der Waals surface area contributed by atoms with E-state index in [1.807, 2.05) is 0 Å². The average molecular weight is 341 g/mol. The van der Waals surface area contributed by atoms with E-state index in [-0.39, 0.29) is 0 Å². The minimum atomic E-state index is -1.71. The Labute approximate surface area is 131 Å². The summed E-state index contributed by atoms with van der Waals surface area (Å²) in [6.07, 6.45) is -12.9. The molecule has 0 spiro atoms. The van der Waals surface area contributed by atoms with Gasteiger partial charge in [0.05, 0.1) is 19.3 Å². The number of hydrogen-bond acceptors (Lipinski definition) is 11. The Morgan fingerprint density at radius 1 is 0.783 bits per heavy atom. The lowest BCUT2D eigenvalue weighted by atomic mass is 9.96. The third-order valence-electron chi connectivity index (χ3n) is 4.06. The Morgan fingerprint density at radius 3 is 1.96 bits per heavy atom. The van der Waals surface area contributed by atoms with E-state index < -0.39 is 74.6 Å². The maximum absolute atomic E-state index is 9.98. The van der Waals surface area contributed by atoms with Crippen molar-refractivity contribution in [1.82, 2.24) is 0 Å². The molecule has 23 heavy (non-hydrogen) atoms.